The molecule has 1 aromatic carbocycles. The van der Waals surface area contributed by atoms with Crippen LogP contribution in [0, 0.1) is 0 Å². The van der Waals surface area contributed by atoms with Gasteiger partial charge in [-0.1, -0.05) is 13.0 Å². The van der Waals surface area contributed by atoms with Crippen LogP contribution < -0.4 is 0 Å². The lowest BCUT2D eigenvalue weighted by Gasteiger charge is -2.24. The van der Waals surface area contributed by atoms with Crippen molar-refractivity contribution in [3.8, 4) is 0 Å². The van der Waals surface area contributed by atoms with Crippen molar-refractivity contribution in [1.29, 1.82) is 0 Å². The summed E-state index contributed by atoms with van der Waals surface area (Å²) in [5.74, 6) is 0. The average molecular weight is 323 g/mol. The molecule has 2 aliphatic rings. The number of rotatable bonds is 5. The lowest BCUT2D eigenvalue weighted by Crippen LogP contribution is -2.37. The molecule has 1 aromatic rings. The number of ether oxygens (including phenoxy) is 1. The second-order valence-corrected chi connectivity index (χ2v) is 8.17. The van der Waals surface area contributed by atoms with Gasteiger partial charge >= 0.3 is 0 Å². The molecule has 0 saturated carbocycles. The number of fused-ring (bicyclic) bond motifs is 1. The Balaban J connectivity index is 1.83. The van der Waals surface area contributed by atoms with Crippen LogP contribution in [0.4, 0.5) is 0 Å². The molecule has 1 saturated heterocycles. The van der Waals surface area contributed by atoms with Crippen molar-refractivity contribution < 1.29 is 13.2 Å². The van der Waals surface area contributed by atoms with Gasteiger partial charge in [0, 0.05) is 19.7 Å². The average Bonchev–Trinajstić information content (AvgIpc) is 3.05. The van der Waals surface area contributed by atoms with Crippen molar-refractivity contribution >= 4 is 10.0 Å². The summed E-state index contributed by atoms with van der Waals surface area (Å²) in [5, 5.41) is 0. The summed E-state index contributed by atoms with van der Waals surface area (Å²) in [5.41, 5.74) is 2.52. The molecule has 1 heterocycles. The first-order valence-electron chi connectivity index (χ1n) is 8.35. The summed E-state index contributed by atoms with van der Waals surface area (Å²) < 4.78 is 33.0. The van der Waals surface area contributed by atoms with Crippen LogP contribution in [0.1, 0.15) is 43.7 Å². The molecule has 0 aromatic heterocycles. The van der Waals surface area contributed by atoms with E-state index in [2.05, 4.69) is 0 Å². The Morgan fingerprint density at radius 2 is 1.95 bits per heavy atom. The summed E-state index contributed by atoms with van der Waals surface area (Å²) in [6.45, 7) is 3.60. The molecule has 0 amide bonds. The van der Waals surface area contributed by atoms with Crippen molar-refractivity contribution in [2.45, 2.75) is 56.4 Å². The highest BCUT2D eigenvalue weighted by Crippen LogP contribution is 2.26. The Bertz CT molecular complexity index is 621. The minimum Gasteiger partial charge on any atom is -0.377 e. The number of hydrogen-bond acceptors (Lipinski definition) is 3. The van der Waals surface area contributed by atoms with Gasteiger partial charge in [-0.15, -0.1) is 0 Å². The molecule has 1 aliphatic heterocycles. The number of nitrogens with zero attached hydrogens (tertiary/aromatic N) is 1. The van der Waals surface area contributed by atoms with Gasteiger partial charge < -0.3 is 4.74 Å². The topological polar surface area (TPSA) is 46.6 Å². The van der Waals surface area contributed by atoms with Crippen molar-refractivity contribution in [1.82, 2.24) is 4.31 Å². The molecule has 1 atom stereocenters. The van der Waals surface area contributed by atoms with E-state index in [0.29, 0.717) is 18.0 Å². The van der Waals surface area contributed by atoms with Gasteiger partial charge in [-0.25, -0.2) is 8.42 Å². The monoisotopic (exact) mass is 323 g/mol. The Hall–Kier alpha value is -0.910. The highest BCUT2D eigenvalue weighted by molar-refractivity contribution is 7.89. The third-order valence-corrected chi connectivity index (χ3v) is 6.68. The van der Waals surface area contributed by atoms with Crippen LogP contribution in [-0.4, -0.2) is 38.5 Å². The van der Waals surface area contributed by atoms with Gasteiger partial charge in [0.1, 0.15) is 0 Å². The van der Waals surface area contributed by atoms with Crippen LogP contribution in [0.3, 0.4) is 0 Å². The van der Waals surface area contributed by atoms with E-state index in [9.17, 15) is 8.42 Å². The van der Waals surface area contributed by atoms with E-state index in [0.717, 1.165) is 38.7 Å². The molecule has 0 radical (unpaired) electrons. The maximum atomic E-state index is 12.9. The third-order valence-electron chi connectivity index (χ3n) is 4.74. The minimum atomic E-state index is -3.42. The summed E-state index contributed by atoms with van der Waals surface area (Å²) >= 11 is 0. The van der Waals surface area contributed by atoms with Crippen LogP contribution in [0.25, 0.3) is 0 Å². The predicted octanol–water partition coefficient (Wildman–Crippen LogP) is 2.76. The zero-order valence-corrected chi connectivity index (χ0v) is 14.1. The Morgan fingerprint density at radius 3 is 2.64 bits per heavy atom. The molecule has 1 unspecified atom stereocenters. The summed E-state index contributed by atoms with van der Waals surface area (Å²) in [7, 11) is -3.42. The first-order chi connectivity index (χ1) is 10.6. The quantitative estimate of drug-likeness (QED) is 0.837. The fourth-order valence-corrected chi connectivity index (χ4v) is 4.96. The largest absolute Gasteiger partial charge is 0.377 e. The van der Waals surface area contributed by atoms with Crippen LogP contribution in [-0.2, 0) is 27.6 Å². The van der Waals surface area contributed by atoms with Gasteiger partial charge in [-0.3, -0.25) is 0 Å². The summed E-state index contributed by atoms with van der Waals surface area (Å²) in [6, 6.07) is 5.67. The molecule has 4 nitrogen and oxygen atoms in total. The fraction of sp³-hybridized carbons (Fsp3) is 0.647. The third kappa shape index (κ3) is 3.21. The highest BCUT2D eigenvalue weighted by Gasteiger charge is 2.28. The van der Waals surface area contributed by atoms with Gasteiger partial charge in [0.25, 0.3) is 0 Å². The fourth-order valence-electron chi connectivity index (χ4n) is 3.43. The van der Waals surface area contributed by atoms with E-state index in [4.69, 9.17) is 4.74 Å². The molecule has 5 heteroatoms. The van der Waals surface area contributed by atoms with Gasteiger partial charge in [0.05, 0.1) is 11.0 Å². The summed E-state index contributed by atoms with van der Waals surface area (Å²) in [4.78, 5) is 0.438. The van der Waals surface area contributed by atoms with Gasteiger partial charge in [-0.2, -0.15) is 4.31 Å². The maximum absolute atomic E-state index is 12.9. The van der Waals surface area contributed by atoms with E-state index < -0.39 is 10.0 Å². The first kappa shape index (κ1) is 16.0. The predicted molar refractivity (Wildman–Crippen MR) is 86.5 cm³/mol. The number of aryl methyl sites for hydroxylation is 2. The van der Waals surface area contributed by atoms with E-state index in [1.165, 1.54) is 17.5 Å². The number of likely N-dealkylation sites (N-methyl/N-ethyl adjacent to an activating group) is 1. The van der Waals surface area contributed by atoms with E-state index in [1.807, 2.05) is 19.1 Å². The van der Waals surface area contributed by atoms with Crippen molar-refractivity contribution in [2.75, 3.05) is 19.7 Å². The smallest absolute Gasteiger partial charge is 0.243 e. The van der Waals surface area contributed by atoms with E-state index in [1.54, 1.807) is 10.4 Å². The summed E-state index contributed by atoms with van der Waals surface area (Å²) in [6.07, 6.45) is 6.47. The van der Waals surface area contributed by atoms with Gasteiger partial charge in [0.2, 0.25) is 10.0 Å². The molecule has 3 rings (SSSR count). The Labute approximate surface area is 133 Å². The highest BCUT2D eigenvalue weighted by atomic mass is 32.2. The molecule has 1 fully saturated rings. The number of benzene rings is 1. The molecule has 0 spiro atoms. The molecule has 122 valence electrons. The first-order valence-corrected chi connectivity index (χ1v) is 9.79. The molecular formula is C17H25NO3S. The Kier molecular flexibility index (Phi) is 4.85. The molecule has 22 heavy (non-hydrogen) atoms. The minimum absolute atomic E-state index is 0.0485. The molecular weight excluding hydrogens is 298 g/mol. The van der Waals surface area contributed by atoms with Crippen LogP contribution >= 0.6 is 0 Å². The van der Waals surface area contributed by atoms with Crippen LogP contribution in [0.5, 0.6) is 0 Å². The molecule has 0 bridgehead atoms. The zero-order valence-electron chi connectivity index (χ0n) is 13.3. The molecule has 1 aliphatic carbocycles. The number of hydrogen-bond donors (Lipinski definition) is 0. The van der Waals surface area contributed by atoms with E-state index >= 15 is 0 Å². The molecule has 0 N–H and O–H groups in total. The second-order valence-electron chi connectivity index (χ2n) is 6.23. The Morgan fingerprint density at radius 1 is 1.18 bits per heavy atom. The van der Waals surface area contributed by atoms with Crippen molar-refractivity contribution in [2.24, 2.45) is 0 Å². The van der Waals surface area contributed by atoms with Gasteiger partial charge in [0.15, 0.2) is 0 Å². The zero-order chi connectivity index (χ0) is 15.6. The lowest BCUT2D eigenvalue weighted by atomic mass is 9.92. The second kappa shape index (κ2) is 6.69. The normalized spacial score (nSPS) is 22.0. The lowest BCUT2D eigenvalue weighted by molar-refractivity contribution is 0.0947. The van der Waals surface area contributed by atoms with Crippen LogP contribution in [0.2, 0.25) is 0 Å². The SMILES string of the molecule is CCN(CC1CCCO1)S(=O)(=O)c1ccc2c(c1)CCCC2. The standard InChI is InChI=1S/C17H25NO3S/c1-2-18(13-16-8-5-11-21-16)22(19,20)17-10-9-14-6-3-4-7-15(14)12-17/h9-10,12,16H,2-8,11,13H2,1H3. The van der Waals surface area contributed by atoms with Crippen molar-refractivity contribution in [3.05, 3.63) is 29.3 Å². The van der Waals surface area contributed by atoms with E-state index in [-0.39, 0.29) is 6.10 Å². The van der Waals surface area contributed by atoms with Crippen LogP contribution in [0.15, 0.2) is 23.1 Å². The van der Waals surface area contributed by atoms with Gasteiger partial charge in [-0.05, 0) is 61.8 Å². The maximum Gasteiger partial charge on any atom is 0.243 e. The van der Waals surface area contributed by atoms with Crippen molar-refractivity contribution in [3.63, 3.8) is 0 Å². The number of sulfonamides is 1.